The number of nitrogens with one attached hydrogen (secondary N) is 1. The van der Waals surface area contributed by atoms with Gasteiger partial charge < -0.3 is 5.32 Å². The molecule has 1 aromatic carbocycles. The zero-order valence-electron chi connectivity index (χ0n) is 10.7. The first-order chi connectivity index (χ1) is 8.20. The van der Waals surface area contributed by atoms with Crippen molar-refractivity contribution < 1.29 is 0 Å². The molecule has 0 aliphatic heterocycles. The number of nitrogens with zero attached hydrogens (tertiary/aromatic N) is 2. The summed E-state index contributed by atoms with van der Waals surface area (Å²) in [5.74, 6) is 0. The summed E-state index contributed by atoms with van der Waals surface area (Å²) in [6.45, 7) is 6.01. The van der Waals surface area contributed by atoms with Crippen LogP contribution < -0.4 is 5.32 Å². The first kappa shape index (κ1) is 11.9. The van der Waals surface area contributed by atoms with Crippen molar-refractivity contribution in [3.63, 3.8) is 0 Å². The predicted molar refractivity (Wildman–Crippen MR) is 71.1 cm³/mol. The lowest BCUT2D eigenvalue weighted by molar-refractivity contribution is 0.581. The van der Waals surface area contributed by atoms with Gasteiger partial charge in [-0.3, -0.25) is 4.68 Å². The highest BCUT2D eigenvalue weighted by Gasteiger charge is 2.06. The van der Waals surface area contributed by atoms with E-state index in [-0.39, 0.29) is 0 Å². The quantitative estimate of drug-likeness (QED) is 0.872. The lowest BCUT2D eigenvalue weighted by atomic mass is 10.1. The van der Waals surface area contributed by atoms with Gasteiger partial charge in [-0.05, 0) is 26.5 Å². The molecule has 1 N–H and O–H groups in total. The van der Waals surface area contributed by atoms with Crippen molar-refractivity contribution in [2.24, 2.45) is 0 Å². The predicted octanol–water partition coefficient (Wildman–Crippen LogP) is 2.39. The average molecular weight is 229 g/mol. The molecule has 0 aliphatic carbocycles. The molecule has 0 amide bonds. The van der Waals surface area contributed by atoms with E-state index in [9.17, 15) is 0 Å². The Kier molecular flexibility index (Phi) is 3.59. The Bertz CT molecular complexity index is 483. The normalized spacial score (nSPS) is 10.8. The summed E-state index contributed by atoms with van der Waals surface area (Å²) in [6, 6.07) is 8.59. The van der Waals surface area contributed by atoms with Crippen LogP contribution in [0.1, 0.15) is 11.3 Å². The molecule has 2 rings (SSSR count). The van der Waals surface area contributed by atoms with Gasteiger partial charge in [0.05, 0.1) is 12.2 Å². The van der Waals surface area contributed by atoms with E-state index < -0.39 is 0 Å². The van der Waals surface area contributed by atoms with Gasteiger partial charge >= 0.3 is 0 Å². The Hall–Kier alpha value is -1.61. The molecule has 0 spiro atoms. The van der Waals surface area contributed by atoms with Gasteiger partial charge in [0.1, 0.15) is 0 Å². The smallest absolute Gasteiger partial charge is 0.0672 e. The topological polar surface area (TPSA) is 29.9 Å². The number of hydrogen-bond donors (Lipinski definition) is 1. The Labute approximate surface area is 102 Å². The summed E-state index contributed by atoms with van der Waals surface area (Å²) in [4.78, 5) is 0. The lowest BCUT2D eigenvalue weighted by Gasteiger charge is -2.00. The van der Waals surface area contributed by atoms with Gasteiger partial charge in [0, 0.05) is 18.3 Å². The fourth-order valence-corrected chi connectivity index (χ4v) is 1.88. The van der Waals surface area contributed by atoms with E-state index in [2.05, 4.69) is 54.7 Å². The number of likely N-dealkylation sites (N-methyl/N-ethyl adjacent to an activating group) is 1. The summed E-state index contributed by atoms with van der Waals surface area (Å²) in [7, 11) is 1.96. The van der Waals surface area contributed by atoms with E-state index in [1.165, 1.54) is 16.7 Å². The van der Waals surface area contributed by atoms with Crippen molar-refractivity contribution in [2.75, 3.05) is 13.6 Å². The minimum atomic E-state index is 0.906. The van der Waals surface area contributed by atoms with Gasteiger partial charge in [-0.15, -0.1) is 0 Å². The molecule has 0 bridgehead atoms. The SMILES string of the molecule is CNCCn1cc(-c2ccc(C)cc2)c(C)n1. The molecule has 0 atom stereocenters. The third-order valence-electron chi connectivity index (χ3n) is 2.90. The fourth-order valence-electron chi connectivity index (χ4n) is 1.88. The van der Waals surface area contributed by atoms with E-state index in [0.29, 0.717) is 0 Å². The number of hydrogen-bond acceptors (Lipinski definition) is 2. The van der Waals surface area contributed by atoms with Gasteiger partial charge in [0.15, 0.2) is 0 Å². The Morgan fingerprint density at radius 3 is 2.53 bits per heavy atom. The fraction of sp³-hybridized carbons (Fsp3) is 0.357. The highest BCUT2D eigenvalue weighted by atomic mass is 15.3. The zero-order chi connectivity index (χ0) is 12.3. The first-order valence-corrected chi connectivity index (χ1v) is 5.96. The largest absolute Gasteiger partial charge is 0.318 e. The third-order valence-corrected chi connectivity index (χ3v) is 2.90. The van der Waals surface area contributed by atoms with Crippen LogP contribution in [0.4, 0.5) is 0 Å². The molecule has 2 aromatic rings. The second kappa shape index (κ2) is 5.15. The summed E-state index contributed by atoms with van der Waals surface area (Å²) in [6.07, 6.45) is 2.12. The van der Waals surface area contributed by atoms with Gasteiger partial charge in [-0.25, -0.2) is 0 Å². The molecule has 0 saturated carbocycles. The molecule has 0 unspecified atom stereocenters. The maximum Gasteiger partial charge on any atom is 0.0672 e. The molecular formula is C14H19N3. The summed E-state index contributed by atoms with van der Waals surface area (Å²) < 4.78 is 2.00. The Morgan fingerprint density at radius 1 is 1.18 bits per heavy atom. The van der Waals surface area contributed by atoms with Crippen LogP contribution >= 0.6 is 0 Å². The summed E-state index contributed by atoms with van der Waals surface area (Å²) in [5, 5.41) is 7.65. The number of aryl methyl sites for hydroxylation is 2. The third kappa shape index (κ3) is 2.74. The van der Waals surface area contributed by atoms with E-state index >= 15 is 0 Å². The van der Waals surface area contributed by atoms with Crippen molar-refractivity contribution in [3.05, 3.63) is 41.7 Å². The Balaban J connectivity index is 2.26. The van der Waals surface area contributed by atoms with Crippen molar-refractivity contribution in [3.8, 4) is 11.1 Å². The minimum absolute atomic E-state index is 0.906. The molecule has 0 saturated heterocycles. The highest BCUT2D eigenvalue weighted by Crippen LogP contribution is 2.22. The summed E-state index contributed by atoms with van der Waals surface area (Å²) >= 11 is 0. The van der Waals surface area contributed by atoms with Crippen LogP contribution in [0, 0.1) is 13.8 Å². The van der Waals surface area contributed by atoms with Gasteiger partial charge in [0.2, 0.25) is 0 Å². The van der Waals surface area contributed by atoms with Crippen LogP contribution in [0.2, 0.25) is 0 Å². The highest BCUT2D eigenvalue weighted by molar-refractivity contribution is 5.65. The van der Waals surface area contributed by atoms with Crippen LogP contribution in [0.15, 0.2) is 30.5 Å². The minimum Gasteiger partial charge on any atom is -0.318 e. The molecule has 3 heteroatoms. The molecule has 1 aromatic heterocycles. The van der Waals surface area contributed by atoms with E-state index in [1.807, 2.05) is 11.7 Å². The first-order valence-electron chi connectivity index (χ1n) is 5.96. The van der Waals surface area contributed by atoms with E-state index in [4.69, 9.17) is 0 Å². The molecule has 0 radical (unpaired) electrons. The molecule has 0 fully saturated rings. The standard InChI is InChI=1S/C14H19N3/c1-11-4-6-13(7-5-11)14-10-17(9-8-15-3)16-12(14)2/h4-7,10,15H,8-9H2,1-3H3. The lowest BCUT2D eigenvalue weighted by Crippen LogP contribution is -2.15. The van der Waals surface area contributed by atoms with Crippen molar-refractivity contribution in [1.82, 2.24) is 15.1 Å². The van der Waals surface area contributed by atoms with Crippen LogP contribution in [0.3, 0.4) is 0 Å². The van der Waals surface area contributed by atoms with Crippen LogP contribution in [-0.2, 0) is 6.54 Å². The van der Waals surface area contributed by atoms with Crippen LogP contribution in [0.5, 0.6) is 0 Å². The average Bonchev–Trinajstić information content (AvgIpc) is 2.69. The number of aromatic nitrogens is 2. The number of rotatable bonds is 4. The molecule has 3 nitrogen and oxygen atoms in total. The molecule has 0 aliphatic rings. The van der Waals surface area contributed by atoms with Gasteiger partial charge in [-0.2, -0.15) is 5.10 Å². The van der Waals surface area contributed by atoms with E-state index in [0.717, 1.165) is 18.8 Å². The van der Waals surface area contributed by atoms with Crippen molar-refractivity contribution in [2.45, 2.75) is 20.4 Å². The maximum absolute atomic E-state index is 4.52. The van der Waals surface area contributed by atoms with Crippen molar-refractivity contribution >= 4 is 0 Å². The van der Waals surface area contributed by atoms with Crippen LogP contribution in [-0.4, -0.2) is 23.4 Å². The monoisotopic (exact) mass is 229 g/mol. The van der Waals surface area contributed by atoms with E-state index in [1.54, 1.807) is 0 Å². The molecule has 1 heterocycles. The maximum atomic E-state index is 4.52. The van der Waals surface area contributed by atoms with Gasteiger partial charge in [0.25, 0.3) is 0 Å². The summed E-state index contributed by atoms with van der Waals surface area (Å²) in [5.41, 5.74) is 4.84. The number of benzene rings is 1. The molecular weight excluding hydrogens is 210 g/mol. The molecule has 90 valence electrons. The molecule has 17 heavy (non-hydrogen) atoms. The second-order valence-corrected chi connectivity index (χ2v) is 4.36. The van der Waals surface area contributed by atoms with Crippen LogP contribution in [0.25, 0.3) is 11.1 Å². The van der Waals surface area contributed by atoms with Gasteiger partial charge in [-0.1, -0.05) is 29.8 Å². The van der Waals surface area contributed by atoms with Crippen molar-refractivity contribution in [1.29, 1.82) is 0 Å². The second-order valence-electron chi connectivity index (χ2n) is 4.36. The zero-order valence-corrected chi connectivity index (χ0v) is 10.7. The Morgan fingerprint density at radius 2 is 1.88 bits per heavy atom.